The fraction of sp³-hybridized carbons (Fsp3) is 0.379. The van der Waals surface area contributed by atoms with Crippen molar-refractivity contribution in [1.29, 1.82) is 0 Å². The van der Waals surface area contributed by atoms with E-state index in [2.05, 4.69) is 20.9 Å². The average molecular weight is 549 g/mol. The molecular weight excluding hydrogens is 512 g/mol. The summed E-state index contributed by atoms with van der Waals surface area (Å²) in [6.45, 7) is 10.3. The van der Waals surface area contributed by atoms with Crippen LogP contribution in [0.25, 0.3) is 0 Å². The zero-order valence-electron chi connectivity index (χ0n) is 23.4. The molecule has 1 aliphatic heterocycles. The minimum atomic E-state index is -1.20. The molecule has 0 aliphatic carbocycles. The lowest BCUT2D eigenvalue weighted by molar-refractivity contribution is -0.123. The minimum absolute atomic E-state index is 0.241. The summed E-state index contributed by atoms with van der Waals surface area (Å²) in [7, 11) is 0. The third kappa shape index (κ3) is 6.78. The average Bonchev–Trinajstić information content (AvgIpc) is 3.33. The number of hydrogen-bond donors (Lipinski definition) is 4. The Bertz CT molecular complexity index is 1360. The first kappa shape index (κ1) is 28.6. The number of anilines is 1. The zero-order valence-corrected chi connectivity index (χ0v) is 23.4. The van der Waals surface area contributed by atoms with Gasteiger partial charge in [0.25, 0.3) is 5.91 Å². The second kappa shape index (κ2) is 11.8. The van der Waals surface area contributed by atoms with E-state index in [1.165, 1.54) is 0 Å². The topological polar surface area (TPSA) is 138 Å². The Kier molecular flexibility index (Phi) is 8.43. The molecule has 0 bridgehead atoms. The summed E-state index contributed by atoms with van der Waals surface area (Å²) in [6, 6.07) is 14.0. The molecule has 40 heavy (non-hydrogen) atoms. The fourth-order valence-electron chi connectivity index (χ4n) is 4.33. The van der Waals surface area contributed by atoms with Crippen molar-refractivity contribution in [3.05, 3.63) is 82.8 Å². The molecule has 3 aromatic rings. The first-order valence-electron chi connectivity index (χ1n) is 13.2. The number of rotatable bonds is 8. The summed E-state index contributed by atoms with van der Waals surface area (Å²) in [5, 5.41) is 18.6. The summed E-state index contributed by atoms with van der Waals surface area (Å²) >= 11 is 0. The lowest BCUT2D eigenvalue weighted by atomic mass is 10.0. The SMILES string of the molecule is CCn1cnc2c1C(=O)NC(O)N2Cc1ccc(CNC(=O)C(NC(=O)OC(C)(C)C)c2ccc(C)cc2)cc1. The van der Waals surface area contributed by atoms with Gasteiger partial charge in [0.1, 0.15) is 11.6 Å². The molecule has 2 heterocycles. The Morgan fingerprint density at radius 3 is 2.38 bits per heavy atom. The van der Waals surface area contributed by atoms with Crippen LogP contribution in [-0.4, -0.2) is 44.5 Å². The highest BCUT2D eigenvalue weighted by Crippen LogP contribution is 2.26. The van der Waals surface area contributed by atoms with Crippen molar-refractivity contribution in [3.63, 3.8) is 0 Å². The maximum absolute atomic E-state index is 13.2. The molecule has 11 nitrogen and oxygen atoms in total. The van der Waals surface area contributed by atoms with Gasteiger partial charge in [0.05, 0.1) is 6.33 Å². The van der Waals surface area contributed by atoms with E-state index in [9.17, 15) is 19.5 Å². The molecule has 4 rings (SSSR count). The molecule has 0 spiro atoms. The van der Waals surface area contributed by atoms with Crippen LogP contribution in [0.15, 0.2) is 54.9 Å². The summed E-state index contributed by atoms with van der Waals surface area (Å²) in [6.07, 6.45) is -0.293. The van der Waals surface area contributed by atoms with Crippen molar-refractivity contribution in [1.82, 2.24) is 25.5 Å². The third-order valence-corrected chi connectivity index (χ3v) is 6.38. The molecule has 0 fully saturated rings. The Morgan fingerprint density at radius 2 is 1.75 bits per heavy atom. The van der Waals surface area contributed by atoms with Gasteiger partial charge in [-0.3, -0.25) is 9.59 Å². The van der Waals surface area contributed by atoms with Crippen molar-refractivity contribution in [2.75, 3.05) is 4.90 Å². The second-order valence-corrected chi connectivity index (χ2v) is 10.7. The quantitative estimate of drug-likeness (QED) is 0.339. The van der Waals surface area contributed by atoms with E-state index in [0.29, 0.717) is 30.2 Å². The second-order valence-electron chi connectivity index (χ2n) is 10.7. The van der Waals surface area contributed by atoms with Crippen LogP contribution in [0.1, 0.15) is 66.5 Å². The van der Waals surface area contributed by atoms with Gasteiger partial charge in [-0.25, -0.2) is 9.78 Å². The van der Waals surface area contributed by atoms with Gasteiger partial charge in [-0.1, -0.05) is 54.1 Å². The summed E-state index contributed by atoms with van der Waals surface area (Å²) in [5.41, 5.74) is 3.12. The van der Waals surface area contributed by atoms with Crippen LogP contribution in [0.3, 0.4) is 0 Å². The van der Waals surface area contributed by atoms with E-state index in [1.807, 2.05) is 50.2 Å². The van der Waals surface area contributed by atoms with Crippen LogP contribution < -0.4 is 20.9 Å². The Labute approximate surface area is 233 Å². The van der Waals surface area contributed by atoms with Gasteiger partial charge in [-0.15, -0.1) is 0 Å². The fourth-order valence-corrected chi connectivity index (χ4v) is 4.33. The van der Waals surface area contributed by atoms with Crippen LogP contribution in [0.5, 0.6) is 0 Å². The van der Waals surface area contributed by atoms with Crippen molar-refractivity contribution in [2.24, 2.45) is 0 Å². The predicted molar refractivity (Wildman–Crippen MR) is 149 cm³/mol. The number of carbonyl (C=O) groups is 3. The summed E-state index contributed by atoms with van der Waals surface area (Å²) < 4.78 is 7.10. The zero-order chi connectivity index (χ0) is 29.0. The normalized spacial score (nSPS) is 15.6. The molecule has 11 heteroatoms. The molecule has 2 aromatic carbocycles. The predicted octanol–water partition coefficient (Wildman–Crippen LogP) is 3.12. The highest BCUT2D eigenvalue weighted by atomic mass is 16.6. The van der Waals surface area contributed by atoms with Gasteiger partial charge in [0, 0.05) is 19.6 Å². The molecule has 2 atom stereocenters. The van der Waals surface area contributed by atoms with E-state index in [0.717, 1.165) is 16.7 Å². The number of aryl methyl sites for hydroxylation is 2. The van der Waals surface area contributed by atoms with Crippen molar-refractivity contribution in [3.8, 4) is 0 Å². The van der Waals surface area contributed by atoms with E-state index in [4.69, 9.17) is 4.74 Å². The molecule has 0 radical (unpaired) electrons. The first-order valence-corrected chi connectivity index (χ1v) is 13.2. The number of amides is 3. The van der Waals surface area contributed by atoms with E-state index < -0.39 is 24.1 Å². The number of aliphatic hydroxyl groups is 1. The monoisotopic (exact) mass is 548 g/mol. The maximum Gasteiger partial charge on any atom is 0.408 e. The van der Waals surface area contributed by atoms with Gasteiger partial charge in [-0.2, -0.15) is 0 Å². The van der Waals surface area contributed by atoms with Crippen molar-refractivity contribution in [2.45, 2.75) is 72.2 Å². The number of benzene rings is 2. The molecule has 3 amide bonds. The number of aromatic nitrogens is 2. The molecule has 2 unspecified atom stereocenters. The van der Waals surface area contributed by atoms with Crippen LogP contribution in [0.2, 0.25) is 0 Å². The highest BCUT2D eigenvalue weighted by Gasteiger charge is 2.33. The number of ether oxygens (including phenoxy) is 1. The number of hydrogen-bond acceptors (Lipinski definition) is 7. The van der Waals surface area contributed by atoms with E-state index in [-0.39, 0.29) is 18.4 Å². The molecule has 4 N–H and O–H groups in total. The standard InChI is InChI=1S/C29H36N6O5/c1-6-34-17-31-24-23(34)26(37)33-27(38)35(24)16-20-11-9-19(10-12-20)15-30-25(36)22(21-13-7-18(2)8-14-21)32-28(39)40-29(3,4)5/h7-14,17,22,27,38H,6,15-16H2,1-5H3,(H,30,36)(H,32,39)(H,33,37). The molecule has 0 saturated carbocycles. The first-order chi connectivity index (χ1) is 18.9. The Morgan fingerprint density at radius 1 is 1.10 bits per heavy atom. The minimum Gasteiger partial charge on any atom is -0.444 e. The number of aliphatic hydroxyl groups excluding tert-OH is 1. The maximum atomic E-state index is 13.2. The third-order valence-electron chi connectivity index (χ3n) is 6.38. The number of fused-ring (bicyclic) bond motifs is 1. The van der Waals surface area contributed by atoms with E-state index >= 15 is 0 Å². The van der Waals surface area contributed by atoms with Gasteiger partial charge >= 0.3 is 6.09 Å². The number of carbonyl (C=O) groups excluding carboxylic acids is 3. The van der Waals surface area contributed by atoms with Gasteiger partial charge in [0.2, 0.25) is 12.3 Å². The number of imidazole rings is 1. The lowest BCUT2D eigenvalue weighted by Gasteiger charge is -2.33. The summed E-state index contributed by atoms with van der Waals surface area (Å²) in [4.78, 5) is 44.0. The Balaban J connectivity index is 1.42. The van der Waals surface area contributed by atoms with Crippen LogP contribution >= 0.6 is 0 Å². The van der Waals surface area contributed by atoms with Crippen molar-refractivity contribution >= 4 is 23.7 Å². The molecule has 1 aliphatic rings. The highest BCUT2D eigenvalue weighted by molar-refractivity contribution is 5.99. The lowest BCUT2D eigenvalue weighted by Crippen LogP contribution is -2.53. The van der Waals surface area contributed by atoms with Gasteiger partial charge in [0.15, 0.2) is 11.5 Å². The Hall–Kier alpha value is -4.38. The van der Waals surface area contributed by atoms with Crippen LogP contribution in [0, 0.1) is 6.92 Å². The van der Waals surface area contributed by atoms with E-state index in [1.54, 1.807) is 48.7 Å². The van der Waals surface area contributed by atoms with Gasteiger partial charge < -0.3 is 35.3 Å². The molecule has 1 aromatic heterocycles. The van der Waals surface area contributed by atoms with Crippen LogP contribution in [0.4, 0.5) is 10.6 Å². The van der Waals surface area contributed by atoms with Crippen molar-refractivity contribution < 1.29 is 24.2 Å². The number of nitrogens with zero attached hydrogens (tertiary/aromatic N) is 3. The largest absolute Gasteiger partial charge is 0.444 e. The summed E-state index contributed by atoms with van der Waals surface area (Å²) in [5.74, 6) is -0.312. The van der Waals surface area contributed by atoms with Crippen LogP contribution in [-0.2, 0) is 29.2 Å². The molecule has 212 valence electrons. The molecular formula is C29H36N6O5. The number of nitrogens with one attached hydrogen (secondary N) is 3. The smallest absolute Gasteiger partial charge is 0.408 e. The number of alkyl carbamates (subject to hydrolysis) is 1. The van der Waals surface area contributed by atoms with Gasteiger partial charge in [-0.05, 0) is 51.3 Å². The molecule has 0 saturated heterocycles.